The number of carbonyl (C=O) groups is 1. The molecule has 0 fully saturated rings. The first kappa shape index (κ1) is 16.1. The van der Waals surface area contributed by atoms with Crippen LogP contribution in [0, 0.1) is 0 Å². The molecule has 0 aliphatic heterocycles. The number of aromatic amines is 1. The summed E-state index contributed by atoms with van der Waals surface area (Å²) in [6.07, 6.45) is 2.53. The van der Waals surface area contributed by atoms with Crippen LogP contribution in [-0.4, -0.2) is 21.3 Å². The van der Waals surface area contributed by atoms with Crippen molar-refractivity contribution in [3.8, 4) is 11.3 Å². The lowest BCUT2D eigenvalue weighted by atomic mass is 10.0. The van der Waals surface area contributed by atoms with Gasteiger partial charge < -0.3 is 9.84 Å². The van der Waals surface area contributed by atoms with Crippen molar-refractivity contribution in [3.05, 3.63) is 72.1 Å². The summed E-state index contributed by atoms with van der Waals surface area (Å²) in [6, 6.07) is 17.3. The Morgan fingerprint density at radius 2 is 2.04 bits per heavy atom. The van der Waals surface area contributed by atoms with Crippen molar-refractivity contribution in [1.29, 1.82) is 0 Å². The molecule has 0 aliphatic rings. The SMILES string of the molecule is CC[C@@H](NC(=O)c1cc(-c2ccc3[nH]ncc3c2)on1)c1ccccc1. The number of hydrogen-bond acceptors (Lipinski definition) is 4. The molecular formula is C20H18N4O2. The fourth-order valence-electron chi connectivity index (χ4n) is 2.95. The van der Waals surface area contributed by atoms with Crippen molar-refractivity contribution in [2.75, 3.05) is 0 Å². The van der Waals surface area contributed by atoms with Gasteiger partial charge in [0.15, 0.2) is 11.5 Å². The van der Waals surface area contributed by atoms with Crippen LogP contribution in [0.15, 0.2) is 65.3 Å². The van der Waals surface area contributed by atoms with E-state index in [9.17, 15) is 4.79 Å². The first-order chi connectivity index (χ1) is 12.7. The Labute approximate surface area is 150 Å². The Bertz CT molecular complexity index is 1040. The van der Waals surface area contributed by atoms with Gasteiger partial charge in [0.1, 0.15) is 0 Å². The van der Waals surface area contributed by atoms with Crippen LogP contribution < -0.4 is 5.32 Å². The molecule has 26 heavy (non-hydrogen) atoms. The largest absolute Gasteiger partial charge is 0.355 e. The van der Waals surface area contributed by atoms with E-state index in [1.807, 2.05) is 55.5 Å². The molecule has 6 nitrogen and oxygen atoms in total. The average molecular weight is 346 g/mol. The maximum Gasteiger partial charge on any atom is 0.273 e. The number of rotatable bonds is 5. The number of nitrogens with zero attached hydrogens (tertiary/aromatic N) is 2. The van der Waals surface area contributed by atoms with Gasteiger partial charge in [0.2, 0.25) is 0 Å². The predicted octanol–water partition coefficient (Wildman–Crippen LogP) is 4.10. The van der Waals surface area contributed by atoms with Gasteiger partial charge in [0.05, 0.1) is 17.8 Å². The smallest absolute Gasteiger partial charge is 0.273 e. The molecule has 2 heterocycles. The van der Waals surface area contributed by atoms with Crippen LogP contribution in [0.1, 0.15) is 35.4 Å². The topological polar surface area (TPSA) is 83.8 Å². The highest BCUT2D eigenvalue weighted by Crippen LogP contribution is 2.24. The van der Waals surface area contributed by atoms with E-state index in [-0.39, 0.29) is 17.6 Å². The number of aromatic nitrogens is 3. The number of H-pyrrole nitrogens is 1. The maximum absolute atomic E-state index is 12.6. The number of fused-ring (bicyclic) bond motifs is 1. The van der Waals surface area contributed by atoms with Gasteiger partial charge in [0, 0.05) is 17.0 Å². The average Bonchev–Trinajstić information content (AvgIpc) is 3.35. The zero-order chi connectivity index (χ0) is 17.9. The van der Waals surface area contributed by atoms with Crippen molar-refractivity contribution >= 4 is 16.8 Å². The first-order valence-corrected chi connectivity index (χ1v) is 8.50. The number of amides is 1. The second-order valence-corrected chi connectivity index (χ2v) is 6.09. The molecule has 0 saturated heterocycles. The van der Waals surface area contributed by atoms with Gasteiger partial charge in [-0.05, 0) is 30.2 Å². The summed E-state index contributed by atoms with van der Waals surface area (Å²) in [5, 5.41) is 14.8. The van der Waals surface area contributed by atoms with Crippen molar-refractivity contribution in [3.63, 3.8) is 0 Å². The molecule has 1 atom stereocenters. The van der Waals surface area contributed by atoms with Crippen LogP contribution in [0.2, 0.25) is 0 Å². The number of carbonyl (C=O) groups excluding carboxylic acids is 1. The molecule has 0 aliphatic carbocycles. The lowest BCUT2D eigenvalue weighted by Crippen LogP contribution is -2.28. The van der Waals surface area contributed by atoms with Crippen molar-refractivity contribution in [2.24, 2.45) is 0 Å². The molecule has 2 aromatic heterocycles. The number of nitrogens with one attached hydrogen (secondary N) is 2. The number of hydrogen-bond donors (Lipinski definition) is 2. The normalized spacial score (nSPS) is 12.2. The van der Waals surface area contributed by atoms with E-state index in [4.69, 9.17) is 4.52 Å². The van der Waals surface area contributed by atoms with Crippen LogP contribution in [0.3, 0.4) is 0 Å². The molecule has 130 valence electrons. The summed E-state index contributed by atoms with van der Waals surface area (Å²) >= 11 is 0. The Hall–Kier alpha value is -3.41. The standard InChI is InChI=1S/C20H18N4O2/c1-2-16(13-6-4-3-5-7-13)22-20(25)18-11-19(26-24-18)14-8-9-17-15(10-14)12-21-23-17/h3-12,16H,2H2,1H3,(H,21,23)(H,22,25)/t16-/m1/s1. The fraction of sp³-hybridized carbons (Fsp3) is 0.150. The van der Waals surface area contributed by atoms with E-state index in [1.165, 1.54) is 0 Å². The maximum atomic E-state index is 12.6. The number of benzene rings is 2. The minimum Gasteiger partial charge on any atom is -0.355 e. The van der Waals surface area contributed by atoms with Crippen LogP contribution in [0.4, 0.5) is 0 Å². The zero-order valence-electron chi connectivity index (χ0n) is 14.3. The van der Waals surface area contributed by atoms with Crippen molar-refractivity contribution in [2.45, 2.75) is 19.4 Å². The van der Waals surface area contributed by atoms with E-state index >= 15 is 0 Å². The molecule has 0 radical (unpaired) electrons. The quantitative estimate of drug-likeness (QED) is 0.570. The third-order valence-electron chi connectivity index (χ3n) is 4.38. The third-order valence-corrected chi connectivity index (χ3v) is 4.38. The van der Waals surface area contributed by atoms with E-state index in [2.05, 4.69) is 20.7 Å². The minimum atomic E-state index is -0.250. The van der Waals surface area contributed by atoms with Crippen LogP contribution in [-0.2, 0) is 0 Å². The van der Waals surface area contributed by atoms with Crippen LogP contribution in [0.5, 0.6) is 0 Å². The lowest BCUT2D eigenvalue weighted by Gasteiger charge is -2.16. The summed E-state index contributed by atoms with van der Waals surface area (Å²) in [4.78, 5) is 12.6. The van der Waals surface area contributed by atoms with Crippen LogP contribution >= 0.6 is 0 Å². The van der Waals surface area contributed by atoms with Gasteiger partial charge in [-0.3, -0.25) is 9.89 Å². The molecule has 4 rings (SSSR count). The van der Waals surface area contributed by atoms with Gasteiger partial charge in [-0.15, -0.1) is 0 Å². The molecule has 2 aromatic carbocycles. The highest BCUT2D eigenvalue weighted by Gasteiger charge is 2.18. The van der Waals surface area contributed by atoms with E-state index < -0.39 is 0 Å². The van der Waals surface area contributed by atoms with Gasteiger partial charge in [0.25, 0.3) is 5.91 Å². The molecule has 2 N–H and O–H groups in total. The lowest BCUT2D eigenvalue weighted by molar-refractivity contribution is 0.0926. The summed E-state index contributed by atoms with van der Waals surface area (Å²) in [6.45, 7) is 2.03. The zero-order valence-corrected chi connectivity index (χ0v) is 14.3. The molecular weight excluding hydrogens is 328 g/mol. The van der Waals surface area contributed by atoms with Gasteiger partial charge in [-0.25, -0.2) is 0 Å². The second kappa shape index (κ2) is 6.84. The van der Waals surface area contributed by atoms with E-state index in [0.29, 0.717) is 5.76 Å². The molecule has 0 bridgehead atoms. The first-order valence-electron chi connectivity index (χ1n) is 8.50. The summed E-state index contributed by atoms with van der Waals surface area (Å²) in [5.41, 5.74) is 3.12. The Morgan fingerprint density at radius 3 is 2.85 bits per heavy atom. The van der Waals surface area contributed by atoms with Crippen molar-refractivity contribution in [1.82, 2.24) is 20.7 Å². The second-order valence-electron chi connectivity index (χ2n) is 6.09. The predicted molar refractivity (Wildman–Crippen MR) is 98.5 cm³/mol. The van der Waals surface area contributed by atoms with E-state index in [1.54, 1.807) is 12.3 Å². The summed E-state index contributed by atoms with van der Waals surface area (Å²) in [5.74, 6) is 0.297. The highest BCUT2D eigenvalue weighted by atomic mass is 16.5. The Balaban J connectivity index is 1.54. The monoisotopic (exact) mass is 346 g/mol. The Morgan fingerprint density at radius 1 is 1.19 bits per heavy atom. The minimum absolute atomic E-state index is 0.0638. The molecule has 1 amide bonds. The van der Waals surface area contributed by atoms with Gasteiger partial charge in [-0.2, -0.15) is 5.10 Å². The van der Waals surface area contributed by atoms with Gasteiger partial charge >= 0.3 is 0 Å². The molecule has 0 unspecified atom stereocenters. The van der Waals surface area contributed by atoms with Crippen molar-refractivity contribution < 1.29 is 9.32 Å². The van der Waals surface area contributed by atoms with Gasteiger partial charge in [-0.1, -0.05) is 42.4 Å². The van der Waals surface area contributed by atoms with E-state index in [0.717, 1.165) is 28.5 Å². The Kier molecular flexibility index (Phi) is 4.23. The fourth-order valence-corrected chi connectivity index (χ4v) is 2.95. The van der Waals surface area contributed by atoms with Crippen LogP contribution in [0.25, 0.3) is 22.2 Å². The third kappa shape index (κ3) is 3.09. The highest BCUT2D eigenvalue weighted by molar-refractivity contribution is 5.93. The molecule has 0 saturated carbocycles. The molecule has 0 spiro atoms. The molecule has 6 heteroatoms. The summed E-state index contributed by atoms with van der Waals surface area (Å²) < 4.78 is 5.38. The summed E-state index contributed by atoms with van der Waals surface area (Å²) in [7, 11) is 0. The molecule has 4 aromatic rings.